The predicted octanol–water partition coefficient (Wildman–Crippen LogP) is 5.36. The molecule has 0 aliphatic carbocycles. The summed E-state index contributed by atoms with van der Waals surface area (Å²) in [6, 6.07) is 15.2. The predicted molar refractivity (Wildman–Crippen MR) is 129 cm³/mol. The van der Waals surface area contributed by atoms with E-state index in [-0.39, 0.29) is 0 Å². The molecule has 0 spiro atoms. The Morgan fingerprint density at radius 3 is 1.82 bits per heavy atom. The van der Waals surface area contributed by atoms with Gasteiger partial charge >= 0.3 is 0 Å². The molecule has 1 aliphatic heterocycles. The topological polar surface area (TPSA) is 64.6 Å². The highest BCUT2D eigenvalue weighted by atomic mass is 16.5. The van der Waals surface area contributed by atoms with E-state index in [1.807, 2.05) is 54.6 Å². The van der Waals surface area contributed by atoms with Crippen LogP contribution in [0.15, 0.2) is 48.5 Å². The van der Waals surface area contributed by atoms with Crippen LogP contribution < -0.4 is 28.4 Å². The van der Waals surface area contributed by atoms with Crippen LogP contribution >= 0.6 is 0 Å². The van der Waals surface area contributed by atoms with Crippen LogP contribution in [0, 0.1) is 0 Å². The first-order chi connectivity index (χ1) is 16.5. The largest absolute Gasteiger partial charge is 0.497 e. The van der Waals surface area contributed by atoms with Crippen LogP contribution in [-0.2, 0) is 4.74 Å². The van der Waals surface area contributed by atoms with Gasteiger partial charge in [0, 0.05) is 23.3 Å². The molecular formula is C27H28O7. The summed E-state index contributed by atoms with van der Waals surface area (Å²) in [5, 5.41) is 0. The molecule has 7 nitrogen and oxygen atoms in total. The van der Waals surface area contributed by atoms with Gasteiger partial charge in [-0.1, -0.05) is 6.07 Å². The first-order valence-corrected chi connectivity index (χ1v) is 10.6. The number of fused-ring (bicyclic) bond motifs is 1. The van der Waals surface area contributed by atoms with Crippen LogP contribution in [0.25, 0.3) is 11.8 Å². The Morgan fingerprint density at radius 1 is 0.618 bits per heavy atom. The Labute approximate surface area is 199 Å². The maximum atomic E-state index is 6.54. The molecule has 34 heavy (non-hydrogen) atoms. The fraction of sp³-hybridized carbons (Fsp3) is 0.259. The monoisotopic (exact) mass is 464 g/mol. The Balaban J connectivity index is 1.88. The average molecular weight is 465 g/mol. The number of methoxy groups -OCH3 is 6. The van der Waals surface area contributed by atoms with Gasteiger partial charge in [0.1, 0.15) is 28.8 Å². The van der Waals surface area contributed by atoms with E-state index in [2.05, 4.69) is 0 Å². The Hall–Kier alpha value is -4.00. The minimum atomic E-state index is -0.439. The molecule has 0 bridgehead atoms. The second kappa shape index (κ2) is 9.87. The lowest BCUT2D eigenvalue weighted by atomic mass is 9.96. The van der Waals surface area contributed by atoms with Crippen LogP contribution in [-0.4, -0.2) is 42.7 Å². The summed E-state index contributed by atoms with van der Waals surface area (Å²) < 4.78 is 39.6. The molecule has 1 heterocycles. The smallest absolute Gasteiger partial charge is 0.161 e. The van der Waals surface area contributed by atoms with Crippen molar-refractivity contribution in [3.05, 3.63) is 70.8 Å². The lowest BCUT2D eigenvalue weighted by Gasteiger charge is -2.17. The summed E-state index contributed by atoms with van der Waals surface area (Å²) in [6.45, 7) is 0. The SMILES string of the molecule is COc1cc(OC)cc(C2O/C(=C\c3ccc(OC)c(OC)c3)c3cc(OC)cc(OC)c32)c1. The maximum Gasteiger partial charge on any atom is 0.161 e. The third kappa shape index (κ3) is 4.29. The lowest BCUT2D eigenvalue weighted by molar-refractivity contribution is 0.224. The standard InChI is InChI=1S/C27H28O7/c1-28-18-11-17(12-19(13-18)29-2)27-26-21(14-20(30-3)15-25(26)33-6)23(34-27)9-16-7-8-22(31-4)24(10-16)32-5/h7-15,27H,1-6H3/b23-9-. The zero-order chi connectivity index (χ0) is 24.2. The van der Waals surface area contributed by atoms with Gasteiger partial charge in [-0.2, -0.15) is 0 Å². The van der Waals surface area contributed by atoms with Gasteiger partial charge in [-0.05, 0) is 42.0 Å². The van der Waals surface area contributed by atoms with Crippen molar-refractivity contribution in [2.75, 3.05) is 42.7 Å². The molecule has 1 atom stereocenters. The molecule has 1 aliphatic rings. The van der Waals surface area contributed by atoms with Gasteiger partial charge in [0.25, 0.3) is 0 Å². The highest BCUT2D eigenvalue weighted by Crippen LogP contribution is 2.50. The third-order valence-corrected chi connectivity index (χ3v) is 5.73. The first-order valence-electron chi connectivity index (χ1n) is 10.6. The molecule has 0 N–H and O–H groups in total. The van der Waals surface area contributed by atoms with Crippen molar-refractivity contribution in [3.63, 3.8) is 0 Å². The first kappa shape index (κ1) is 23.2. The summed E-state index contributed by atoms with van der Waals surface area (Å²) in [4.78, 5) is 0. The highest BCUT2D eigenvalue weighted by Gasteiger charge is 2.34. The second-order valence-electron chi connectivity index (χ2n) is 7.56. The highest BCUT2D eigenvalue weighted by molar-refractivity contribution is 5.84. The minimum absolute atomic E-state index is 0.439. The fourth-order valence-electron chi connectivity index (χ4n) is 4.03. The van der Waals surface area contributed by atoms with E-state index in [4.69, 9.17) is 33.2 Å². The van der Waals surface area contributed by atoms with Gasteiger partial charge in [-0.25, -0.2) is 0 Å². The van der Waals surface area contributed by atoms with E-state index in [1.165, 1.54) is 0 Å². The zero-order valence-corrected chi connectivity index (χ0v) is 20.1. The molecule has 0 saturated heterocycles. The molecule has 3 aromatic carbocycles. The van der Waals surface area contributed by atoms with Crippen LogP contribution in [0.3, 0.4) is 0 Å². The van der Waals surface area contributed by atoms with Gasteiger partial charge in [-0.3, -0.25) is 0 Å². The van der Waals surface area contributed by atoms with Crippen LogP contribution in [0.2, 0.25) is 0 Å². The number of hydrogen-bond donors (Lipinski definition) is 0. The van der Waals surface area contributed by atoms with Gasteiger partial charge in [0.2, 0.25) is 0 Å². The Bertz CT molecular complexity index is 1190. The fourth-order valence-corrected chi connectivity index (χ4v) is 4.03. The molecule has 0 radical (unpaired) electrons. The molecule has 7 heteroatoms. The molecule has 0 fully saturated rings. The minimum Gasteiger partial charge on any atom is -0.497 e. The summed E-state index contributed by atoms with van der Waals surface area (Å²) in [6.07, 6.45) is 1.52. The van der Waals surface area contributed by atoms with E-state index < -0.39 is 6.10 Å². The molecule has 0 amide bonds. The van der Waals surface area contributed by atoms with Crippen molar-refractivity contribution >= 4 is 11.8 Å². The number of ether oxygens (including phenoxy) is 7. The van der Waals surface area contributed by atoms with E-state index in [0.717, 1.165) is 22.3 Å². The molecule has 0 saturated carbocycles. The molecule has 1 unspecified atom stereocenters. The normalized spacial score (nSPS) is 15.4. The number of rotatable bonds is 8. The van der Waals surface area contributed by atoms with Crippen molar-refractivity contribution in [2.24, 2.45) is 0 Å². The molecule has 3 aromatic rings. The summed E-state index contributed by atoms with van der Waals surface area (Å²) in [5.74, 6) is 4.63. The van der Waals surface area contributed by atoms with Crippen molar-refractivity contribution in [1.82, 2.24) is 0 Å². The average Bonchev–Trinajstić information content (AvgIpc) is 3.25. The molecule has 178 valence electrons. The van der Waals surface area contributed by atoms with Crippen LogP contribution in [0.4, 0.5) is 0 Å². The molecule has 4 rings (SSSR count). The molecular weight excluding hydrogens is 436 g/mol. The number of hydrogen-bond acceptors (Lipinski definition) is 7. The van der Waals surface area contributed by atoms with Crippen molar-refractivity contribution in [3.8, 4) is 34.5 Å². The van der Waals surface area contributed by atoms with Gasteiger partial charge in [0.05, 0.1) is 48.2 Å². The third-order valence-electron chi connectivity index (χ3n) is 5.73. The van der Waals surface area contributed by atoms with E-state index in [1.54, 1.807) is 42.7 Å². The van der Waals surface area contributed by atoms with Gasteiger partial charge in [0.15, 0.2) is 17.6 Å². The Kier molecular flexibility index (Phi) is 6.72. The van der Waals surface area contributed by atoms with Crippen LogP contribution in [0.5, 0.6) is 34.5 Å². The van der Waals surface area contributed by atoms with Crippen molar-refractivity contribution < 1.29 is 33.2 Å². The van der Waals surface area contributed by atoms with E-state index >= 15 is 0 Å². The van der Waals surface area contributed by atoms with Gasteiger partial charge in [-0.15, -0.1) is 0 Å². The number of benzene rings is 3. The molecule has 0 aromatic heterocycles. The summed E-state index contributed by atoms with van der Waals surface area (Å²) in [5.41, 5.74) is 3.53. The second-order valence-corrected chi connectivity index (χ2v) is 7.56. The Morgan fingerprint density at radius 2 is 1.24 bits per heavy atom. The van der Waals surface area contributed by atoms with Crippen molar-refractivity contribution in [1.29, 1.82) is 0 Å². The lowest BCUT2D eigenvalue weighted by Crippen LogP contribution is -2.02. The van der Waals surface area contributed by atoms with E-state index in [9.17, 15) is 0 Å². The quantitative estimate of drug-likeness (QED) is 0.445. The van der Waals surface area contributed by atoms with E-state index in [0.29, 0.717) is 40.3 Å². The summed E-state index contributed by atoms with van der Waals surface area (Å²) in [7, 11) is 9.72. The maximum absolute atomic E-state index is 6.54. The summed E-state index contributed by atoms with van der Waals surface area (Å²) >= 11 is 0. The van der Waals surface area contributed by atoms with Crippen molar-refractivity contribution in [2.45, 2.75) is 6.10 Å². The van der Waals surface area contributed by atoms with Crippen LogP contribution in [0.1, 0.15) is 28.4 Å². The van der Waals surface area contributed by atoms with Gasteiger partial charge < -0.3 is 33.2 Å². The zero-order valence-electron chi connectivity index (χ0n) is 20.1.